The van der Waals surface area contributed by atoms with E-state index in [0.29, 0.717) is 155 Å². The fourth-order valence-corrected chi connectivity index (χ4v) is 36.5. The second kappa shape index (κ2) is 20.7. The quantitative estimate of drug-likeness (QED) is 0.0221. The Kier molecular flexibility index (Phi) is 13.3. The van der Waals surface area contributed by atoms with Crippen LogP contribution in [0.1, 0.15) is 207 Å². The average molecular weight is 1290 g/mol. The fourth-order valence-electron chi connectivity index (χ4n) is 36.5. The van der Waals surface area contributed by atoms with Crippen molar-refractivity contribution in [2.75, 3.05) is 26.4 Å². The summed E-state index contributed by atoms with van der Waals surface area (Å²) in [5, 5.41) is 20.7. The minimum absolute atomic E-state index is 0.0217. The van der Waals surface area contributed by atoms with E-state index >= 15 is 19.2 Å². The van der Waals surface area contributed by atoms with Crippen molar-refractivity contribution in [3.05, 3.63) is 23.8 Å². The number of carboxylic acids is 2. The van der Waals surface area contributed by atoms with Crippen molar-refractivity contribution in [1.29, 1.82) is 0 Å². The molecule has 20 aliphatic carbocycles. The lowest BCUT2D eigenvalue weighted by Crippen LogP contribution is -2.71. The van der Waals surface area contributed by atoms with Gasteiger partial charge in [-0.15, -0.1) is 0 Å². The van der Waals surface area contributed by atoms with Gasteiger partial charge in [0.05, 0.1) is 13.2 Å². The van der Waals surface area contributed by atoms with Gasteiger partial charge >= 0.3 is 35.8 Å². The SMILES string of the molecule is CCCCCCCCCCCCOC(=O)C(C)(C(=O)OCCCCCCCCCCCC)C12CCC3CC4CC5C=CC67CC8CC9=CC%10CC%11CCC1C1C%11C%11C%10C%10C%12C%13C%11C1C1C%11C%13C%13C(C4C%11C3C12)C5C6C%13C%12C1(C9%10)C(C(=O)OCC(=O)O)(C(=O)OCC(=O)O)C871. The summed E-state index contributed by atoms with van der Waals surface area (Å²) < 4.78 is 26.1. The average Bonchev–Trinajstić information content (AvgIpc) is 1.36. The highest BCUT2D eigenvalue weighted by Gasteiger charge is 3.13. The Morgan fingerprint density at radius 3 is 1.62 bits per heavy atom. The first-order valence-corrected chi connectivity index (χ1v) is 40.3. The van der Waals surface area contributed by atoms with Gasteiger partial charge in [0.2, 0.25) is 0 Å². The van der Waals surface area contributed by atoms with Crippen LogP contribution in [0.25, 0.3) is 0 Å². The molecule has 0 aliphatic heterocycles. The molecule has 34 atom stereocenters. The molecule has 12 heteroatoms. The van der Waals surface area contributed by atoms with Gasteiger partial charge in [0, 0.05) is 21.7 Å². The molecule has 0 radical (unpaired) electrons. The smallest absolute Gasteiger partial charge is 0.341 e. The molecule has 20 aliphatic rings. The first-order chi connectivity index (χ1) is 45.8. The molecule has 0 heterocycles. The van der Waals surface area contributed by atoms with Gasteiger partial charge in [0.1, 0.15) is 0 Å². The van der Waals surface area contributed by atoms with Crippen LogP contribution in [0.15, 0.2) is 23.8 Å². The lowest BCUT2D eigenvalue weighted by atomic mass is 9.30. The molecular formula is C82H110O12. The molecule has 18 saturated carbocycles. The Morgan fingerprint density at radius 1 is 0.489 bits per heavy atom. The topological polar surface area (TPSA) is 180 Å². The van der Waals surface area contributed by atoms with E-state index in [1.54, 1.807) is 0 Å². The fraction of sp³-hybridized carbons (Fsp3) is 0.878. The molecule has 94 heavy (non-hydrogen) atoms. The van der Waals surface area contributed by atoms with Crippen molar-refractivity contribution in [3.8, 4) is 0 Å². The molecule has 0 aromatic rings. The first kappa shape index (κ1) is 60.3. The minimum atomic E-state index is -1.79. The van der Waals surface area contributed by atoms with Gasteiger partial charge in [-0.2, -0.15) is 0 Å². The molecular weight excluding hydrogens is 1180 g/mol. The molecule has 2 N–H and O–H groups in total. The normalized spacial score (nSPS) is 52.2. The zero-order chi connectivity index (χ0) is 63.6. The monoisotopic (exact) mass is 1290 g/mol. The maximum absolute atomic E-state index is 16.6. The summed E-state index contributed by atoms with van der Waals surface area (Å²) in [5.74, 6) is 7.66. The molecule has 3 spiro atoms. The number of ether oxygens (including phenoxy) is 4. The van der Waals surface area contributed by atoms with Crippen molar-refractivity contribution >= 4 is 35.8 Å². The van der Waals surface area contributed by atoms with Gasteiger partial charge in [-0.25, -0.2) is 9.59 Å². The van der Waals surface area contributed by atoms with Crippen molar-refractivity contribution in [3.63, 3.8) is 0 Å². The van der Waals surface area contributed by atoms with Gasteiger partial charge in [0.25, 0.3) is 0 Å². The highest BCUT2D eigenvalue weighted by Crippen LogP contribution is 3.10. The Morgan fingerprint density at radius 2 is 1.00 bits per heavy atom. The van der Waals surface area contributed by atoms with Crippen LogP contribution < -0.4 is 0 Å². The molecule has 18 fully saturated rings. The number of hydrogen-bond acceptors (Lipinski definition) is 10. The van der Waals surface area contributed by atoms with Crippen LogP contribution in [-0.4, -0.2) is 72.5 Å². The molecule has 0 amide bonds. The minimum Gasteiger partial charge on any atom is -0.479 e. The van der Waals surface area contributed by atoms with E-state index in [1.165, 1.54) is 108 Å². The van der Waals surface area contributed by atoms with Gasteiger partial charge in [0.15, 0.2) is 24.0 Å². The molecule has 510 valence electrons. The van der Waals surface area contributed by atoms with E-state index in [4.69, 9.17) is 18.9 Å². The zero-order valence-corrected chi connectivity index (χ0v) is 56.9. The number of esters is 4. The van der Waals surface area contributed by atoms with E-state index in [2.05, 4.69) is 39.0 Å². The number of carbonyl (C=O) groups is 6. The third-order valence-electron chi connectivity index (χ3n) is 36.3. The summed E-state index contributed by atoms with van der Waals surface area (Å²) in [6, 6.07) is 0. The summed E-state index contributed by atoms with van der Waals surface area (Å²) >= 11 is 0. The predicted molar refractivity (Wildman–Crippen MR) is 347 cm³/mol. The third-order valence-corrected chi connectivity index (χ3v) is 36.3. The van der Waals surface area contributed by atoms with Crippen molar-refractivity contribution in [2.24, 2.45) is 210 Å². The number of fused-ring (bicyclic) bond motifs is 1. The Labute approximate surface area is 558 Å². The number of hydrogen-bond donors (Lipinski definition) is 2. The molecule has 12 nitrogen and oxygen atoms in total. The largest absolute Gasteiger partial charge is 0.479 e. The number of carbonyl (C=O) groups excluding carboxylic acids is 4. The highest BCUT2D eigenvalue weighted by molar-refractivity contribution is 6.10. The van der Waals surface area contributed by atoms with Crippen LogP contribution in [0.5, 0.6) is 0 Å². The summed E-state index contributed by atoms with van der Waals surface area (Å²) in [6.45, 7) is 5.78. The van der Waals surface area contributed by atoms with Crippen LogP contribution in [0.4, 0.5) is 0 Å². The second-order valence-corrected chi connectivity index (χ2v) is 37.5. The number of rotatable bonds is 31. The molecule has 34 unspecified atom stereocenters. The van der Waals surface area contributed by atoms with Crippen LogP contribution in [0, 0.1) is 210 Å². The third kappa shape index (κ3) is 6.52. The summed E-state index contributed by atoms with van der Waals surface area (Å²) in [7, 11) is 0. The second-order valence-electron chi connectivity index (χ2n) is 37.5. The number of aliphatic carboxylic acids is 2. The zero-order valence-electron chi connectivity index (χ0n) is 56.9. The molecule has 0 bridgehead atoms. The van der Waals surface area contributed by atoms with Crippen molar-refractivity contribution in [1.82, 2.24) is 0 Å². The maximum atomic E-state index is 16.6. The van der Waals surface area contributed by atoms with E-state index in [0.717, 1.165) is 83.5 Å². The van der Waals surface area contributed by atoms with Gasteiger partial charge in [-0.3, -0.25) is 19.2 Å². The number of allylic oxidation sites excluding steroid dienone is 4. The highest BCUT2D eigenvalue weighted by atomic mass is 16.6. The number of unbranched alkanes of at least 4 members (excludes halogenated alkanes) is 18. The summed E-state index contributed by atoms with van der Waals surface area (Å²) in [6.07, 6.45) is 41.7. The van der Waals surface area contributed by atoms with Crippen LogP contribution >= 0.6 is 0 Å². The molecule has 0 aromatic heterocycles. The molecule has 0 saturated heterocycles. The maximum Gasteiger partial charge on any atom is 0.341 e. The first-order valence-electron chi connectivity index (χ1n) is 40.3. The van der Waals surface area contributed by atoms with Crippen molar-refractivity contribution in [2.45, 2.75) is 207 Å². The standard InChI is InChI=1S/C82H110O12/c1-4-6-8-10-12-14-16-18-20-22-30-91-73(87)77(3,74(88)92-31-23-21-19-17-15-13-11-9-7-5-2)79-29-27-42-34-43-33-41-26-28-78-37-46-36-45-35-44-32-40-24-25-47(79)55-50(40)56-52(44)65-67-63-60(56)59(55)66-62-58(54(42)71(66)79)51(43)57-53(41)70(78)68(64(57)61(62)63)72(67)80(69(45)65)81(82(46,78)80,75(89)93-38-48(83)84)76(90)94-39-49(85)86/h26,28,35,40-44,46-47,50-72H,4-25,27,29-34,36-39H2,1-3H3,(H,83,84)(H,85,86). The van der Waals surface area contributed by atoms with Crippen LogP contribution in [-0.2, 0) is 47.7 Å². The Balaban J connectivity index is 0.730. The van der Waals surface area contributed by atoms with E-state index in [-0.39, 0.29) is 47.4 Å². The Hall–Kier alpha value is -3.70. The predicted octanol–water partition coefficient (Wildman–Crippen LogP) is 14.9. The number of carboxylic acid groups (broad SMARTS) is 2. The summed E-state index contributed by atoms with van der Waals surface area (Å²) in [5.41, 5.74) is -4.43. The van der Waals surface area contributed by atoms with Gasteiger partial charge < -0.3 is 29.2 Å². The van der Waals surface area contributed by atoms with Crippen LogP contribution in [0.2, 0.25) is 0 Å². The summed E-state index contributed by atoms with van der Waals surface area (Å²) in [4.78, 5) is 91.1. The van der Waals surface area contributed by atoms with Gasteiger partial charge in [-0.1, -0.05) is 153 Å². The van der Waals surface area contributed by atoms with E-state index in [1.807, 2.05) is 0 Å². The van der Waals surface area contributed by atoms with Crippen molar-refractivity contribution < 1.29 is 57.9 Å². The van der Waals surface area contributed by atoms with E-state index < -0.39 is 69.6 Å². The Bertz CT molecular complexity index is 3220. The molecule has 20 rings (SSSR count). The lowest BCUT2D eigenvalue weighted by molar-refractivity contribution is -0.260. The molecule has 0 aromatic carbocycles. The van der Waals surface area contributed by atoms with E-state index in [9.17, 15) is 19.8 Å². The van der Waals surface area contributed by atoms with Crippen LogP contribution in [0.3, 0.4) is 0 Å². The van der Waals surface area contributed by atoms with Gasteiger partial charge in [-0.05, 0) is 255 Å². The lowest BCUT2D eigenvalue weighted by Gasteiger charge is -2.73.